The summed E-state index contributed by atoms with van der Waals surface area (Å²) in [5.41, 5.74) is 0. The fourth-order valence-electron chi connectivity index (χ4n) is 1.13. The van der Waals surface area contributed by atoms with Crippen molar-refractivity contribution in [2.45, 2.75) is 27.7 Å². The van der Waals surface area contributed by atoms with Crippen LogP contribution in [0.2, 0.25) is 0 Å². The molecule has 1 heteroatoms. The van der Waals surface area contributed by atoms with Crippen LogP contribution in [0.25, 0.3) is 0 Å². The zero-order valence-electron chi connectivity index (χ0n) is 7.21. The van der Waals surface area contributed by atoms with E-state index in [1.54, 1.807) is 0 Å². The van der Waals surface area contributed by atoms with Crippen LogP contribution in [0.1, 0.15) is 27.7 Å². The summed E-state index contributed by atoms with van der Waals surface area (Å²) < 4.78 is 6.10. The van der Waals surface area contributed by atoms with Gasteiger partial charge in [-0.3, -0.25) is 0 Å². The second-order valence-electron chi connectivity index (χ2n) is 2.20. The van der Waals surface area contributed by atoms with E-state index in [0.717, 1.165) is 0 Å². The van der Waals surface area contributed by atoms with Crippen molar-refractivity contribution >= 4 is 0 Å². The number of rotatable bonds is 4. The summed E-state index contributed by atoms with van der Waals surface area (Å²) in [6, 6.07) is 0. The number of hydrogen-bond acceptors (Lipinski definition) is 0. The Balaban J connectivity index is 3.82. The van der Waals surface area contributed by atoms with Crippen LogP contribution in [0.3, 0.4) is 0 Å². The summed E-state index contributed by atoms with van der Waals surface area (Å²) in [6.45, 7) is 9.53. The SMILES string of the molecule is CC[I-](CC)(CC)CC. The Labute approximate surface area is 63.9 Å². The van der Waals surface area contributed by atoms with E-state index >= 15 is 0 Å². The van der Waals surface area contributed by atoms with Crippen molar-refractivity contribution in [1.29, 1.82) is 0 Å². The predicted molar refractivity (Wildman–Crippen MR) is 42.2 cm³/mol. The Morgan fingerprint density at radius 1 is 0.667 bits per heavy atom. The van der Waals surface area contributed by atoms with Gasteiger partial charge in [0.2, 0.25) is 0 Å². The molecule has 0 aromatic rings. The standard InChI is InChI=1S/C8H20I/c1-5-9(6-2,7-3)8-4/h5-8H2,1-4H3/q-1. The van der Waals surface area contributed by atoms with E-state index < -0.39 is 18.4 Å². The molecule has 0 aliphatic heterocycles. The van der Waals surface area contributed by atoms with E-state index in [1.807, 2.05) is 0 Å². The minimum absolute atomic E-state index is 1.09. The Bertz CT molecular complexity index is 47.5. The number of alkyl halides is 4. The molecular weight excluding hydrogens is 223 g/mol. The monoisotopic (exact) mass is 243 g/mol. The quantitative estimate of drug-likeness (QED) is 0.449. The molecule has 0 nitrogen and oxygen atoms in total. The first-order chi connectivity index (χ1) is 4.24. The molecule has 0 N–H and O–H groups in total. The van der Waals surface area contributed by atoms with Crippen LogP contribution in [-0.2, 0) is 0 Å². The molecule has 0 unspecified atom stereocenters. The van der Waals surface area contributed by atoms with Gasteiger partial charge >= 0.3 is 63.8 Å². The second kappa shape index (κ2) is 4.53. The summed E-state index contributed by atoms with van der Waals surface area (Å²) in [5, 5.41) is 0. The average Bonchev–Trinajstić information content (AvgIpc) is 1.95. The van der Waals surface area contributed by atoms with Crippen LogP contribution >= 0.6 is 0 Å². The Kier molecular flexibility index (Phi) is 4.90. The van der Waals surface area contributed by atoms with Crippen molar-refractivity contribution in [2.24, 2.45) is 0 Å². The van der Waals surface area contributed by atoms with Gasteiger partial charge in [-0.2, -0.15) is 0 Å². The topological polar surface area (TPSA) is 0 Å². The molecule has 0 saturated carbocycles. The molecule has 0 aliphatic rings. The first-order valence-electron chi connectivity index (χ1n) is 3.90. The van der Waals surface area contributed by atoms with Gasteiger partial charge < -0.3 is 0 Å². The van der Waals surface area contributed by atoms with E-state index in [4.69, 9.17) is 0 Å². The zero-order valence-corrected chi connectivity index (χ0v) is 9.36. The van der Waals surface area contributed by atoms with Gasteiger partial charge in [-0.25, -0.2) is 0 Å². The van der Waals surface area contributed by atoms with Crippen LogP contribution in [0.15, 0.2) is 0 Å². The van der Waals surface area contributed by atoms with Crippen molar-refractivity contribution in [3.8, 4) is 0 Å². The molecule has 0 atom stereocenters. The van der Waals surface area contributed by atoms with Gasteiger partial charge in [0.1, 0.15) is 0 Å². The molecule has 0 saturated heterocycles. The first kappa shape index (κ1) is 9.73. The molecule has 9 heavy (non-hydrogen) atoms. The molecule has 0 amide bonds. The normalized spacial score (nSPS) is 13.8. The molecular formula is C8H20I-. The van der Waals surface area contributed by atoms with Gasteiger partial charge in [0.15, 0.2) is 0 Å². The van der Waals surface area contributed by atoms with Crippen LogP contribution in [-0.4, -0.2) is 17.7 Å². The number of halogens is 1. The Morgan fingerprint density at radius 3 is 0.889 bits per heavy atom. The van der Waals surface area contributed by atoms with Crippen LogP contribution in [0, 0.1) is 0 Å². The second-order valence-corrected chi connectivity index (χ2v) is 14.8. The molecule has 0 aliphatic carbocycles. The average molecular weight is 243 g/mol. The molecule has 0 bridgehead atoms. The van der Waals surface area contributed by atoms with E-state index in [2.05, 4.69) is 27.7 Å². The van der Waals surface area contributed by atoms with Gasteiger partial charge in [-0.15, -0.1) is 0 Å². The fourth-order valence-corrected chi connectivity index (χ4v) is 7.61. The molecule has 0 aromatic heterocycles. The van der Waals surface area contributed by atoms with Crippen molar-refractivity contribution in [2.75, 3.05) is 17.7 Å². The molecule has 0 fully saturated rings. The molecule has 0 spiro atoms. The maximum atomic E-state index is 2.38. The molecule has 60 valence electrons. The van der Waals surface area contributed by atoms with Crippen LogP contribution in [0.5, 0.6) is 0 Å². The summed E-state index contributed by atoms with van der Waals surface area (Å²) in [7, 11) is 0. The third-order valence-corrected chi connectivity index (χ3v) is 15.2. The fraction of sp³-hybridized carbons (Fsp3) is 1.00. The van der Waals surface area contributed by atoms with Gasteiger partial charge in [-0.1, -0.05) is 0 Å². The van der Waals surface area contributed by atoms with E-state index in [1.165, 1.54) is 17.7 Å². The van der Waals surface area contributed by atoms with Crippen molar-refractivity contribution in [1.82, 2.24) is 0 Å². The van der Waals surface area contributed by atoms with Crippen LogP contribution < -0.4 is 18.4 Å². The van der Waals surface area contributed by atoms with Crippen molar-refractivity contribution in [3.63, 3.8) is 0 Å². The van der Waals surface area contributed by atoms with Crippen LogP contribution in [0.4, 0.5) is 0 Å². The van der Waals surface area contributed by atoms with E-state index in [9.17, 15) is 0 Å². The maximum absolute atomic E-state index is 2.38. The third-order valence-electron chi connectivity index (χ3n) is 2.27. The van der Waals surface area contributed by atoms with Crippen molar-refractivity contribution < 1.29 is 18.4 Å². The van der Waals surface area contributed by atoms with Gasteiger partial charge in [0.25, 0.3) is 0 Å². The zero-order chi connectivity index (χ0) is 7.33. The molecule has 0 rings (SSSR count). The van der Waals surface area contributed by atoms with E-state index in [0.29, 0.717) is 0 Å². The predicted octanol–water partition coefficient (Wildman–Crippen LogP) is -0.774. The summed E-state index contributed by atoms with van der Waals surface area (Å²) >= 11 is -1.09. The summed E-state index contributed by atoms with van der Waals surface area (Å²) in [5.74, 6) is 0. The first-order valence-corrected chi connectivity index (χ1v) is 10.00. The summed E-state index contributed by atoms with van der Waals surface area (Å²) in [6.07, 6.45) is 0. The molecule has 0 radical (unpaired) electrons. The molecule has 0 heterocycles. The van der Waals surface area contributed by atoms with Gasteiger partial charge in [0.05, 0.1) is 0 Å². The third kappa shape index (κ3) is 2.44. The minimum atomic E-state index is -1.09. The van der Waals surface area contributed by atoms with Gasteiger partial charge in [-0.05, 0) is 0 Å². The Hall–Kier alpha value is 0.730. The summed E-state index contributed by atoms with van der Waals surface area (Å²) in [4.78, 5) is 0. The number of hydrogen-bond donors (Lipinski definition) is 0. The Morgan fingerprint density at radius 2 is 0.889 bits per heavy atom. The van der Waals surface area contributed by atoms with E-state index in [-0.39, 0.29) is 0 Å². The molecule has 0 aromatic carbocycles. The van der Waals surface area contributed by atoms with Gasteiger partial charge in [0, 0.05) is 0 Å². The van der Waals surface area contributed by atoms with Crippen molar-refractivity contribution in [3.05, 3.63) is 0 Å².